The van der Waals surface area contributed by atoms with Gasteiger partial charge in [0.15, 0.2) is 0 Å². The molecule has 0 aliphatic rings. The number of aromatic nitrogens is 4. The predicted molar refractivity (Wildman–Crippen MR) is 232 cm³/mol. The number of fused-ring (bicyclic) bond motifs is 11. The van der Waals surface area contributed by atoms with E-state index in [9.17, 15) is 0 Å². The van der Waals surface area contributed by atoms with Crippen molar-refractivity contribution in [3.05, 3.63) is 182 Å². The van der Waals surface area contributed by atoms with Crippen molar-refractivity contribution in [1.29, 1.82) is 0 Å². The highest BCUT2D eigenvalue weighted by Gasteiger charge is 2.24. The van der Waals surface area contributed by atoms with Gasteiger partial charge in [-0.25, -0.2) is 9.97 Å². The van der Waals surface area contributed by atoms with Crippen LogP contribution in [0.2, 0.25) is 0 Å². The van der Waals surface area contributed by atoms with Crippen LogP contribution in [0.5, 0.6) is 0 Å². The third-order valence-electron chi connectivity index (χ3n) is 11.1. The van der Waals surface area contributed by atoms with Crippen molar-refractivity contribution in [1.82, 2.24) is 19.1 Å². The van der Waals surface area contributed by atoms with E-state index in [0.717, 1.165) is 38.9 Å². The van der Waals surface area contributed by atoms with Gasteiger partial charge >= 0.3 is 0 Å². The molecule has 0 bridgehead atoms. The minimum absolute atomic E-state index is 0.664. The number of benzene rings is 8. The molecule has 0 radical (unpaired) electrons. The van der Waals surface area contributed by atoms with Gasteiger partial charge in [0.1, 0.15) is 4.83 Å². The molecule has 12 aromatic rings. The average Bonchev–Trinajstić information content (AvgIpc) is 3.90. The Kier molecular flexibility index (Phi) is 6.47. The first-order chi connectivity index (χ1) is 27.3. The van der Waals surface area contributed by atoms with Crippen LogP contribution < -0.4 is 0 Å². The van der Waals surface area contributed by atoms with Crippen molar-refractivity contribution in [2.75, 3.05) is 0 Å². The molecule has 0 spiro atoms. The molecule has 0 aliphatic heterocycles. The SMILES string of the molecule is c1ccc(-c2nc(-n3c4ccc(-c5ccc6ccccc6c5)cc4c4ccc5c(sc6c5c5ccccc5n6-c5ccccc5)c43)nc3ccccc23)cc1. The van der Waals surface area contributed by atoms with Crippen molar-refractivity contribution in [2.24, 2.45) is 0 Å². The van der Waals surface area contributed by atoms with Crippen LogP contribution in [0, 0.1) is 0 Å². The Morgan fingerprint density at radius 2 is 1.09 bits per heavy atom. The van der Waals surface area contributed by atoms with Crippen LogP contribution in [0.3, 0.4) is 0 Å². The quantitative estimate of drug-likeness (QED) is 0.182. The number of nitrogens with zero attached hydrogens (tertiary/aromatic N) is 4. The van der Waals surface area contributed by atoms with Gasteiger partial charge in [0, 0.05) is 43.6 Å². The molecule has 0 saturated carbocycles. The third kappa shape index (κ3) is 4.51. The summed E-state index contributed by atoms with van der Waals surface area (Å²) in [6.07, 6.45) is 0. The maximum atomic E-state index is 5.44. The van der Waals surface area contributed by atoms with Gasteiger partial charge in [-0.2, -0.15) is 0 Å². The van der Waals surface area contributed by atoms with Gasteiger partial charge in [-0.15, -0.1) is 11.3 Å². The van der Waals surface area contributed by atoms with Crippen LogP contribution in [-0.4, -0.2) is 19.1 Å². The van der Waals surface area contributed by atoms with Gasteiger partial charge in [-0.1, -0.05) is 140 Å². The van der Waals surface area contributed by atoms with Crippen LogP contribution in [0.4, 0.5) is 0 Å². The summed E-state index contributed by atoms with van der Waals surface area (Å²) in [6, 6.07) is 65.2. The topological polar surface area (TPSA) is 35.6 Å². The van der Waals surface area contributed by atoms with Gasteiger partial charge in [-0.3, -0.25) is 4.57 Å². The Morgan fingerprint density at radius 1 is 0.418 bits per heavy atom. The van der Waals surface area contributed by atoms with Crippen LogP contribution in [0.15, 0.2) is 182 Å². The third-order valence-corrected chi connectivity index (χ3v) is 12.3. The zero-order chi connectivity index (χ0) is 36.0. The molecular weight excluding hydrogens is 689 g/mol. The summed E-state index contributed by atoms with van der Waals surface area (Å²) in [5.41, 5.74) is 9.86. The molecule has 8 aromatic carbocycles. The first-order valence-electron chi connectivity index (χ1n) is 18.6. The number of thiophene rings is 1. The summed E-state index contributed by atoms with van der Waals surface area (Å²) in [6.45, 7) is 0. The van der Waals surface area contributed by atoms with Gasteiger partial charge in [0.25, 0.3) is 0 Å². The maximum absolute atomic E-state index is 5.44. The fraction of sp³-hybridized carbons (Fsp3) is 0. The Bertz CT molecular complexity index is 3480. The van der Waals surface area contributed by atoms with Crippen LogP contribution in [-0.2, 0) is 0 Å². The van der Waals surface area contributed by atoms with Crippen molar-refractivity contribution < 1.29 is 0 Å². The smallest absolute Gasteiger partial charge is 0.235 e. The highest BCUT2D eigenvalue weighted by atomic mass is 32.1. The second kappa shape index (κ2) is 11.7. The molecule has 0 amide bonds. The summed E-state index contributed by atoms with van der Waals surface area (Å²) in [5, 5.41) is 9.64. The zero-order valence-electron chi connectivity index (χ0n) is 29.5. The van der Waals surface area contributed by atoms with E-state index in [1.807, 2.05) is 11.3 Å². The summed E-state index contributed by atoms with van der Waals surface area (Å²) < 4.78 is 5.96. The van der Waals surface area contributed by atoms with Crippen molar-refractivity contribution in [2.45, 2.75) is 0 Å². The summed E-state index contributed by atoms with van der Waals surface area (Å²) >= 11 is 1.86. The Labute approximate surface area is 319 Å². The van der Waals surface area contributed by atoms with Crippen molar-refractivity contribution in [3.8, 4) is 34.0 Å². The predicted octanol–water partition coefficient (Wildman–Crippen LogP) is 13.5. The Hall–Kier alpha value is -7.08. The van der Waals surface area contributed by atoms with Crippen molar-refractivity contribution >= 4 is 86.0 Å². The normalized spacial score (nSPS) is 12.0. The zero-order valence-corrected chi connectivity index (χ0v) is 30.3. The van der Waals surface area contributed by atoms with Crippen LogP contribution in [0.1, 0.15) is 0 Å². The lowest BCUT2D eigenvalue weighted by Gasteiger charge is -2.12. The summed E-state index contributed by atoms with van der Waals surface area (Å²) in [7, 11) is 0. The number of para-hydroxylation sites is 3. The highest BCUT2D eigenvalue weighted by molar-refractivity contribution is 7.26. The van der Waals surface area contributed by atoms with Crippen LogP contribution >= 0.6 is 11.3 Å². The molecule has 0 saturated heterocycles. The van der Waals surface area contributed by atoms with E-state index in [0.29, 0.717) is 5.95 Å². The van der Waals surface area contributed by atoms with E-state index in [1.54, 1.807) is 0 Å². The summed E-state index contributed by atoms with van der Waals surface area (Å²) in [5.74, 6) is 0.664. The monoisotopic (exact) mass is 718 g/mol. The van der Waals surface area contributed by atoms with E-state index in [1.165, 1.54) is 63.9 Å². The number of rotatable bonds is 4. The lowest BCUT2D eigenvalue weighted by Crippen LogP contribution is -2.03. The Balaban J connectivity index is 1.22. The molecule has 0 fully saturated rings. The molecule has 12 rings (SSSR count). The largest absolute Gasteiger partial charge is 0.301 e. The van der Waals surface area contributed by atoms with Gasteiger partial charge in [0.2, 0.25) is 5.95 Å². The van der Waals surface area contributed by atoms with Crippen molar-refractivity contribution in [3.63, 3.8) is 0 Å². The molecule has 55 heavy (non-hydrogen) atoms. The lowest BCUT2D eigenvalue weighted by molar-refractivity contribution is 1.02. The fourth-order valence-corrected chi connectivity index (χ4v) is 10.0. The standard InChI is InChI=1S/C50H30N4S/c1-3-14-32(15-4-1)46-38-19-9-11-21-42(38)51-50(52-46)54-44-28-25-35(34-24-23-31-13-7-8-16-33(31)29-34)30-41(44)37-26-27-40-45-39-20-10-12-22-43(39)53(36-17-5-2-6-18-36)49(45)55-48(40)47(37)54/h1-30H. The minimum atomic E-state index is 0.664. The molecule has 0 aliphatic carbocycles. The van der Waals surface area contributed by atoms with Crippen LogP contribution in [0.25, 0.3) is 109 Å². The first-order valence-corrected chi connectivity index (χ1v) is 19.4. The molecule has 256 valence electrons. The molecule has 4 aromatic heterocycles. The average molecular weight is 719 g/mol. The Morgan fingerprint density at radius 3 is 1.96 bits per heavy atom. The molecular formula is C50H30N4S. The maximum Gasteiger partial charge on any atom is 0.235 e. The molecule has 4 nitrogen and oxygen atoms in total. The van der Waals surface area contributed by atoms with Gasteiger partial charge < -0.3 is 4.57 Å². The van der Waals surface area contributed by atoms with E-state index in [4.69, 9.17) is 9.97 Å². The minimum Gasteiger partial charge on any atom is -0.301 e. The fourth-order valence-electron chi connectivity index (χ4n) is 8.62. The van der Waals surface area contributed by atoms with Gasteiger partial charge in [0.05, 0.1) is 32.5 Å². The molecule has 0 atom stereocenters. The molecule has 0 N–H and O–H groups in total. The number of hydrogen-bond donors (Lipinski definition) is 0. The number of hydrogen-bond acceptors (Lipinski definition) is 3. The molecule has 5 heteroatoms. The molecule has 0 unspecified atom stereocenters. The lowest BCUT2D eigenvalue weighted by atomic mass is 9.99. The first kappa shape index (κ1) is 30.4. The second-order valence-electron chi connectivity index (χ2n) is 14.2. The molecule has 4 heterocycles. The van der Waals surface area contributed by atoms with E-state index in [2.05, 4.69) is 191 Å². The summed E-state index contributed by atoms with van der Waals surface area (Å²) in [4.78, 5) is 12.0. The van der Waals surface area contributed by atoms with Gasteiger partial charge in [-0.05, 0) is 64.4 Å². The van der Waals surface area contributed by atoms with E-state index < -0.39 is 0 Å². The van der Waals surface area contributed by atoms with E-state index >= 15 is 0 Å². The second-order valence-corrected chi connectivity index (χ2v) is 15.2. The van der Waals surface area contributed by atoms with E-state index in [-0.39, 0.29) is 0 Å². The highest BCUT2D eigenvalue weighted by Crippen LogP contribution is 2.47.